The minimum atomic E-state index is 0.527. The van der Waals surface area contributed by atoms with Crippen molar-refractivity contribution in [2.24, 2.45) is 5.92 Å². The molecule has 2 fully saturated rings. The number of hydrogen-bond donors (Lipinski definition) is 1. The fourth-order valence-electron chi connectivity index (χ4n) is 3.86. The van der Waals surface area contributed by atoms with Crippen LogP contribution in [0, 0.1) is 5.92 Å². The van der Waals surface area contributed by atoms with E-state index in [0.717, 1.165) is 37.8 Å². The van der Waals surface area contributed by atoms with Gasteiger partial charge in [0.1, 0.15) is 5.75 Å². The molecule has 0 radical (unpaired) electrons. The number of benzene rings is 1. The third-order valence-electron chi connectivity index (χ3n) is 4.91. The Morgan fingerprint density at radius 2 is 1.95 bits per heavy atom. The quantitative estimate of drug-likeness (QED) is 0.895. The number of ether oxygens (including phenoxy) is 1. The molecule has 0 bridgehead atoms. The molecule has 3 rings (SSSR count). The van der Waals surface area contributed by atoms with Crippen molar-refractivity contribution in [1.82, 2.24) is 10.2 Å². The average molecular weight is 353 g/mol. The maximum Gasteiger partial charge on any atom is 0.119 e. The molecule has 1 saturated carbocycles. The molecule has 0 amide bonds. The SMILES string of the molecule is COc1ccc(Br)c([C@H](C2CCCC2)N2CCNCC2)c1. The van der Waals surface area contributed by atoms with Crippen LogP contribution in [0.3, 0.4) is 0 Å². The molecule has 1 heterocycles. The van der Waals surface area contributed by atoms with Crippen molar-refractivity contribution in [3.63, 3.8) is 0 Å². The number of nitrogens with zero attached hydrogens (tertiary/aromatic N) is 1. The molecule has 116 valence electrons. The van der Waals surface area contributed by atoms with Crippen molar-refractivity contribution in [2.75, 3.05) is 33.3 Å². The van der Waals surface area contributed by atoms with E-state index in [1.165, 1.54) is 35.7 Å². The van der Waals surface area contributed by atoms with Gasteiger partial charge in [-0.3, -0.25) is 4.90 Å². The van der Waals surface area contributed by atoms with E-state index in [9.17, 15) is 0 Å². The summed E-state index contributed by atoms with van der Waals surface area (Å²) < 4.78 is 6.68. The van der Waals surface area contributed by atoms with Gasteiger partial charge in [-0.25, -0.2) is 0 Å². The van der Waals surface area contributed by atoms with Crippen LogP contribution >= 0.6 is 15.9 Å². The van der Waals surface area contributed by atoms with Gasteiger partial charge in [0.25, 0.3) is 0 Å². The molecule has 0 aromatic heterocycles. The van der Waals surface area contributed by atoms with Crippen LogP contribution in [-0.4, -0.2) is 38.2 Å². The summed E-state index contributed by atoms with van der Waals surface area (Å²) >= 11 is 3.78. The number of halogens is 1. The van der Waals surface area contributed by atoms with E-state index in [0.29, 0.717) is 6.04 Å². The molecule has 0 spiro atoms. The highest BCUT2D eigenvalue weighted by Gasteiger charge is 2.33. The van der Waals surface area contributed by atoms with Crippen LogP contribution in [-0.2, 0) is 0 Å². The number of rotatable bonds is 4. The van der Waals surface area contributed by atoms with Crippen LogP contribution in [0.4, 0.5) is 0 Å². The van der Waals surface area contributed by atoms with Crippen LogP contribution in [0.1, 0.15) is 37.3 Å². The molecule has 0 unspecified atom stereocenters. The Morgan fingerprint density at radius 1 is 1.24 bits per heavy atom. The molecular formula is C17H25BrN2O. The maximum absolute atomic E-state index is 5.46. The lowest BCUT2D eigenvalue weighted by Crippen LogP contribution is -2.46. The molecule has 1 atom stereocenters. The van der Waals surface area contributed by atoms with Crippen LogP contribution in [0.2, 0.25) is 0 Å². The zero-order chi connectivity index (χ0) is 14.7. The van der Waals surface area contributed by atoms with Crippen molar-refractivity contribution in [3.05, 3.63) is 28.2 Å². The Bertz CT molecular complexity index is 468. The predicted molar refractivity (Wildman–Crippen MR) is 89.8 cm³/mol. The van der Waals surface area contributed by atoms with Crippen molar-refractivity contribution in [2.45, 2.75) is 31.7 Å². The highest BCUT2D eigenvalue weighted by atomic mass is 79.9. The smallest absolute Gasteiger partial charge is 0.119 e. The summed E-state index contributed by atoms with van der Waals surface area (Å²) in [5.74, 6) is 1.75. The zero-order valence-electron chi connectivity index (χ0n) is 12.8. The largest absolute Gasteiger partial charge is 0.497 e. The van der Waals surface area contributed by atoms with Crippen molar-refractivity contribution in [1.29, 1.82) is 0 Å². The van der Waals surface area contributed by atoms with E-state index in [1.54, 1.807) is 7.11 Å². The molecule has 21 heavy (non-hydrogen) atoms. The molecule has 2 aliphatic rings. The van der Waals surface area contributed by atoms with Crippen molar-refractivity contribution < 1.29 is 4.74 Å². The van der Waals surface area contributed by atoms with Gasteiger partial charge < -0.3 is 10.1 Å². The minimum absolute atomic E-state index is 0.527. The third kappa shape index (κ3) is 3.43. The first kappa shape index (κ1) is 15.3. The fraction of sp³-hybridized carbons (Fsp3) is 0.647. The lowest BCUT2D eigenvalue weighted by molar-refractivity contribution is 0.125. The van der Waals surface area contributed by atoms with Gasteiger partial charge in [-0.05, 0) is 42.5 Å². The van der Waals surface area contributed by atoms with E-state index in [2.05, 4.69) is 38.3 Å². The highest BCUT2D eigenvalue weighted by molar-refractivity contribution is 9.10. The minimum Gasteiger partial charge on any atom is -0.497 e. The van der Waals surface area contributed by atoms with E-state index in [1.807, 2.05) is 6.07 Å². The lowest BCUT2D eigenvalue weighted by atomic mass is 9.89. The molecule has 1 aromatic carbocycles. The zero-order valence-corrected chi connectivity index (χ0v) is 14.4. The van der Waals surface area contributed by atoms with E-state index in [-0.39, 0.29) is 0 Å². The van der Waals surface area contributed by atoms with Gasteiger partial charge in [0.2, 0.25) is 0 Å². The molecular weight excluding hydrogens is 328 g/mol. The van der Waals surface area contributed by atoms with Crippen molar-refractivity contribution >= 4 is 15.9 Å². The molecule has 1 aromatic rings. The molecule has 3 nitrogen and oxygen atoms in total. The first-order valence-electron chi connectivity index (χ1n) is 8.08. The Kier molecular flexibility index (Phi) is 5.19. The van der Waals surface area contributed by atoms with E-state index < -0.39 is 0 Å². The Hall–Kier alpha value is -0.580. The van der Waals surface area contributed by atoms with Crippen LogP contribution in [0.5, 0.6) is 5.75 Å². The van der Waals surface area contributed by atoms with Gasteiger partial charge in [-0.1, -0.05) is 28.8 Å². The number of hydrogen-bond acceptors (Lipinski definition) is 3. The standard InChI is InChI=1S/C17H25BrN2O/c1-21-14-6-7-16(18)15(12-14)17(13-4-2-3-5-13)20-10-8-19-9-11-20/h6-7,12-13,17,19H,2-5,8-11H2,1H3/t17-/m0/s1. The van der Waals surface area contributed by atoms with Gasteiger partial charge in [0, 0.05) is 36.7 Å². The summed E-state index contributed by atoms with van der Waals surface area (Å²) in [7, 11) is 1.75. The summed E-state index contributed by atoms with van der Waals surface area (Å²) in [6.07, 6.45) is 5.49. The van der Waals surface area contributed by atoms with Crippen LogP contribution in [0.15, 0.2) is 22.7 Å². The molecule has 1 aliphatic heterocycles. The van der Waals surface area contributed by atoms with E-state index >= 15 is 0 Å². The highest BCUT2D eigenvalue weighted by Crippen LogP contribution is 2.42. The summed E-state index contributed by atoms with van der Waals surface area (Å²) in [6.45, 7) is 4.49. The molecule has 1 N–H and O–H groups in total. The first-order chi connectivity index (χ1) is 10.3. The first-order valence-corrected chi connectivity index (χ1v) is 8.87. The second kappa shape index (κ2) is 7.12. The van der Waals surface area contributed by atoms with Gasteiger partial charge in [0.15, 0.2) is 0 Å². The monoisotopic (exact) mass is 352 g/mol. The summed E-state index contributed by atoms with van der Waals surface area (Å²) in [5.41, 5.74) is 1.41. The number of methoxy groups -OCH3 is 1. The second-order valence-electron chi connectivity index (χ2n) is 6.16. The average Bonchev–Trinajstić information content (AvgIpc) is 3.04. The second-order valence-corrected chi connectivity index (χ2v) is 7.02. The van der Waals surface area contributed by atoms with Gasteiger partial charge in [0.05, 0.1) is 7.11 Å². The summed E-state index contributed by atoms with van der Waals surface area (Å²) in [4.78, 5) is 2.67. The van der Waals surface area contributed by atoms with Crippen molar-refractivity contribution in [3.8, 4) is 5.75 Å². The third-order valence-corrected chi connectivity index (χ3v) is 5.64. The molecule has 1 saturated heterocycles. The van der Waals surface area contributed by atoms with Gasteiger partial charge in [-0.15, -0.1) is 0 Å². The topological polar surface area (TPSA) is 24.5 Å². The maximum atomic E-state index is 5.46. The fourth-order valence-corrected chi connectivity index (χ4v) is 4.34. The summed E-state index contributed by atoms with van der Waals surface area (Å²) in [5, 5.41) is 3.47. The van der Waals surface area contributed by atoms with E-state index in [4.69, 9.17) is 4.74 Å². The Labute approximate surface area is 136 Å². The normalized spacial score (nSPS) is 22.4. The van der Waals surface area contributed by atoms with Gasteiger partial charge in [-0.2, -0.15) is 0 Å². The van der Waals surface area contributed by atoms with Crippen LogP contribution < -0.4 is 10.1 Å². The Balaban J connectivity index is 1.93. The Morgan fingerprint density at radius 3 is 2.62 bits per heavy atom. The number of piperazine rings is 1. The molecule has 1 aliphatic carbocycles. The lowest BCUT2D eigenvalue weighted by Gasteiger charge is -2.39. The van der Waals surface area contributed by atoms with Crippen LogP contribution in [0.25, 0.3) is 0 Å². The predicted octanol–water partition coefficient (Wildman–Crippen LogP) is 3.59. The summed E-state index contributed by atoms with van der Waals surface area (Å²) in [6, 6.07) is 6.93. The van der Waals surface area contributed by atoms with Gasteiger partial charge >= 0.3 is 0 Å². The molecule has 4 heteroatoms. The number of nitrogens with one attached hydrogen (secondary N) is 1.